The van der Waals surface area contributed by atoms with Crippen LogP contribution < -0.4 is 5.73 Å². The average Bonchev–Trinajstić information content (AvgIpc) is 3.16. The van der Waals surface area contributed by atoms with E-state index in [2.05, 4.69) is 29.8 Å². The summed E-state index contributed by atoms with van der Waals surface area (Å²) >= 11 is 6.19. The first-order valence-electron chi connectivity index (χ1n) is 10.9. The summed E-state index contributed by atoms with van der Waals surface area (Å²) in [6.07, 6.45) is 5.59. The molecule has 4 heterocycles. The lowest BCUT2D eigenvalue weighted by Gasteiger charge is -2.35. The number of carbonyl (C=O) groups is 1. The molecule has 0 aromatic carbocycles. The van der Waals surface area contributed by atoms with Crippen LogP contribution in [0.15, 0.2) is 18.7 Å². The number of imidazole rings is 1. The molecule has 0 unspecified atom stereocenters. The van der Waals surface area contributed by atoms with E-state index in [0.717, 1.165) is 32.6 Å². The number of fused-ring (bicyclic) bond motifs is 1. The number of halogens is 1. The number of amides is 1. The van der Waals surface area contributed by atoms with Crippen molar-refractivity contribution in [2.75, 3.05) is 38.5 Å². The van der Waals surface area contributed by atoms with Crippen molar-refractivity contribution in [3.8, 4) is 11.3 Å². The van der Waals surface area contributed by atoms with E-state index in [0.29, 0.717) is 35.5 Å². The number of nitrogens with zero attached hydrogens (tertiary/aromatic N) is 8. The third-order valence-corrected chi connectivity index (χ3v) is 5.45. The SMILES string of the molecule is CC(C)(C)OC(=O)N1CCN(CCCn2cnc3c(-c4cnc(N)nc4)nc(Cl)nc32)CC1. The molecule has 176 valence electrons. The second kappa shape index (κ2) is 9.44. The number of anilines is 1. The molecule has 11 nitrogen and oxygen atoms in total. The Balaban J connectivity index is 1.35. The summed E-state index contributed by atoms with van der Waals surface area (Å²) in [5.74, 6) is 0.188. The quantitative estimate of drug-likeness (QED) is 0.555. The zero-order valence-corrected chi connectivity index (χ0v) is 19.8. The number of nitrogens with two attached hydrogens (primary N) is 1. The third kappa shape index (κ3) is 5.66. The Hall–Kier alpha value is -3.05. The summed E-state index contributed by atoms with van der Waals surface area (Å²) in [7, 11) is 0. The number of rotatable bonds is 5. The summed E-state index contributed by atoms with van der Waals surface area (Å²) in [6.45, 7) is 10.2. The molecule has 4 rings (SSSR count). The van der Waals surface area contributed by atoms with Gasteiger partial charge in [-0.25, -0.2) is 24.7 Å². The lowest BCUT2D eigenvalue weighted by molar-refractivity contribution is 0.0144. The summed E-state index contributed by atoms with van der Waals surface area (Å²) in [5.41, 5.74) is 7.65. The lowest BCUT2D eigenvalue weighted by atomic mass is 10.2. The number of hydrogen-bond donors (Lipinski definition) is 1. The van der Waals surface area contributed by atoms with Crippen molar-refractivity contribution < 1.29 is 9.53 Å². The molecule has 12 heteroatoms. The van der Waals surface area contributed by atoms with Gasteiger partial charge >= 0.3 is 6.09 Å². The maximum absolute atomic E-state index is 12.2. The highest BCUT2D eigenvalue weighted by Gasteiger charge is 2.25. The fourth-order valence-corrected chi connectivity index (χ4v) is 3.85. The van der Waals surface area contributed by atoms with Crippen LogP contribution in [0.3, 0.4) is 0 Å². The maximum atomic E-state index is 12.2. The van der Waals surface area contributed by atoms with Gasteiger partial charge in [-0.15, -0.1) is 0 Å². The molecule has 0 radical (unpaired) electrons. The first-order chi connectivity index (χ1) is 15.7. The predicted molar refractivity (Wildman–Crippen MR) is 125 cm³/mol. The van der Waals surface area contributed by atoms with Gasteiger partial charge in [0.15, 0.2) is 5.65 Å². The maximum Gasteiger partial charge on any atom is 0.410 e. The molecule has 3 aromatic rings. The fourth-order valence-electron chi connectivity index (χ4n) is 3.69. The fraction of sp³-hybridized carbons (Fsp3) is 0.524. The summed E-state index contributed by atoms with van der Waals surface area (Å²) < 4.78 is 7.44. The van der Waals surface area contributed by atoms with Gasteiger partial charge in [-0.05, 0) is 45.3 Å². The van der Waals surface area contributed by atoms with Crippen molar-refractivity contribution in [1.29, 1.82) is 0 Å². The van der Waals surface area contributed by atoms with E-state index in [-0.39, 0.29) is 17.3 Å². The van der Waals surface area contributed by atoms with Crippen molar-refractivity contribution >= 4 is 34.8 Å². The molecule has 0 spiro atoms. The number of carbonyl (C=O) groups excluding carboxylic acids is 1. The second-order valence-electron chi connectivity index (χ2n) is 8.94. The molecule has 1 aliphatic heterocycles. The van der Waals surface area contributed by atoms with E-state index in [9.17, 15) is 4.79 Å². The predicted octanol–water partition coefficient (Wildman–Crippen LogP) is 2.46. The van der Waals surface area contributed by atoms with E-state index in [1.807, 2.05) is 25.3 Å². The minimum absolute atomic E-state index is 0.134. The van der Waals surface area contributed by atoms with Gasteiger partial charge < -0.3 is 19.9 Å². The van der Waals surface area contributed by atoms with Gasteiger partial charge in [0.05, 0.1) is 6.33 Å². The van der Waals surface area contributed by atoms with Gasteiger partial charge in [-0.2, -0.15) is 4.98 Å². The van der Waals surface area contributed by atoms with Crippen LogP contribution in [0.25, 0.3) is 22.4 Å². The summed E-state index contributed by atoms with van der Waals surface area (Å²) in [6, 6.07) is 0. The van der Waals surface area contributed by atoms with Crippen molar-refractivity contribution in [2.45, 2.75) is 39.3 Å². The Kier molecular flexibility index (Phi) is 6.61. The average molecular weight is 474 g/mol. The van der Waals surface area contributed by atoms with E-state index in [4.69, 9.17) is 22.1 Å². The van der Waals surface area contributed by atoms with Gasteiger partial charge in [-0.3, -0.25) is 4.90 Å². The number of piperazine rings is 1. The number of ether oxygens (including phenoxy) is 1. The van der Waals surface area contributed by atoms with E-state index in [1.54, 1.807) is 23.6 Å². The van der Waals surface area contributed by atoms with Crippen molar-refractivity contribution in [3.63, 3.8) is 0 Å². The van der Waals surface area contributed by atoms with Crippen LogP contribution in [0.1, 0.15) is 27.2 Å². The Morgan fingerprint density at radius 3 is 2.45 bits per heavy atom. The van der Waals surface area contributed by atoms with Gasteiger partial charge in [0, 0.05) is 50.7 Å². The van der Waals surface area contributed by atoms with E-state index >= 15 is 0 Å². The minimum Gasteiger partial charge on any atom is -0.444 e. The van der Waals surface area contributed by atoms with Crippen LogP contribution >= 0.6 is 11.6 Å². The van der Waals surface area contributed by atoms with Crippen molar-refractivity contribution in [3.05, 3.63) is 24.0 Å². The zero-order chi connectivity index (χ0) is 23.6. The minimum atomic E-state index is -0.477. The normalized spacial score (nSPS) is 15.2. The Morgan fingerprint density at radius 1 is 1.09 bits per heavy atom. The van der Waals surface area contributed by atoms with Crippen LogP contribution in [-0.2, 0) is 11.3 Å². The van der Waals surface area contributed by atoms with Crippen molar-refractivity contribution in [1.82, 2.24) is 39.3 Å². The monoisotopic (exact) mass is 473 g/mol. The number of aryl methyl sites for hydroxylation is 1. The van der Waals surface area contributed by atoms with Crippen molar-refractivity contribution in [2.24, 2.45) is 0 Å². The van der Waals surface area contributed by atoms with Crippen LogP contribution in [0, 0.1) is 0 Å². The first-order valence-corrected chi connectivity index (χ1v) is 11.2. The molecule has 33 heavy (non-hydrogen) atoms. The molecule has 2 N–H and O–H groups in total. The Bertz CT molecular complexity index is 1120. The molecule has 0 saturated carbocycles. The van der Waals surface area contributed by atoms with E-state index in [1.165, 1.54) is 0 Å². The zero-order valence-electron chi connectivity index (χ0n) is 19.0. The molecular formula is C21H28ClN9O2. The largest absolute Gasteiger partial charge is 0.444 e. The van der Waals surface area contributed by atoms with Crippen LogP contribution in [0.2, 0.25) is 5.28 Å². The summed E-state index contributed by atoms with van der Waals surface area (Å²) in [5, 5.41) is 0.134. The smallest absolute Gasteiger partial charge is 0.410 e. The van der Waals surface area contributed by atoms with Gasteiger partial charge in [-0.1, -0.05) is 0 Å². The highest BCUT2D eigenvalue weighted by molar-refractivity contribution is 6.28. The molecule has 1 aliphatic rings. The molecule has 3 aromatic heterocycles. The first kappa shape index (κ1) is 23.1. The van der Waals surface area contributed by atoms with Gasteiger partial charge in [0.1, 0.15) is 16.8 Å². The molecule has 1 fully saturated rings. The van der Waals surface area contributed by atoms with Crippen LogP contribution in [0.5, 0.6) is 0 Å². The molecular weight excluding hydrogens is 446 g/mol. The topological polar surface area (TPSA) is 128 Å². The highest BCUT2D eigenvalue weighted by atomic mass is 35.5. The number of nitrogen functional groups attached to an aromatic ring is 1. The van der Waals surface area contributed by atoms with E-state index < -0.39 is 5.60 Å². The molecule has 1 saturated heterocycles. The molecule has 0 aliphatic carbocycles. The summed E-state index contributed by atoms with van der Waals surface area (Å²) in [4.78, 5) is 37.6. The third-order valence-electron chi connectivity index (χ3n) is 5.28. The standard InChI is InChI=1S/C21H28ClN9O2/c1-21(2,3)33-20(32)30-9-7-29(8-10-30)5-4-6-31-13-26-16-15(27-18(22)28-17(16)31)14-11-24-19(23)25-12-14/h11-13H,4-10H2,1-3H3,(H2,23,24,25). The highest BCUT2D eigenvalue weighted by Crippen LogP contribution is 2.26. The molecule has 0 bridgehead atoms. The second-order valence-corrected chi connectivity index (χ2v) is 9.28. The van der Waals surface area contributed by atoms with Crippen LogP contribution in [0.4, 0.5) is 10.7 Å². The van der Waals surface area contributed by atoms with Gasteiger partial charge in [0.25, 0.3) is 0 Å². The Labute approximate surface area is 196 Å². The number of aromatic nitrogens is 6. The molecule has 1 amide bonds. The van der Waals surface area contributed by atoms with Gasteiger partial charge in [0.2, 0.25) is 11.2 Å². The van der Waals surface area contributed by atoms with Crippen LogP contribution in [-0.4, -0.2) is 83.7 Å². The number of hydrogen-bond acceptors (Lipinski definition) is 9. The lowest BCUT2D eigenvalue weighted by Crippen LogP contribution is -2.50. The molecule has 0 atom stereocenters. The Morgan fingerprint density at radius 2 is 1.79 bits per heavy atom.